The molecule has 1 atom stereocenters. The zero-order valence-corrected chi connectivity index (χ0v) is 12.3. The maximum Gasteiger partial charge on any atom is 0.119 e. The number of piperidine rings is 1. The smallest absolute Gasteiger partial charge is 0.119 e. The highest BCUT2D eigenvalue weighted by Crippen LogP contribution is 2.29. The van der Waals surface area contributed by atoms with Crippen molar-refractivity contribution in [3.05, 3.63) is 30.3 Å². The average Bonchev–Trinajstić information content (AvgIpc) is 2.98. The molecule has 3 rings (SSSR count). The number of ether oxygens (including phenoxy) is 1. The summed E-state index contributed by atoms with van der Waals surface area (Å²) in [5.74, 6) is 1.89. The highest BCUT2D eigenvalue weighted by atomic mass is 16.5. The predicted molar refractivity (Wildman–Crippen MR) is 82.1 cm³/mol. The van der Waals surface area contributed by atoms with Gasteiger partial charge < -0.3 is 10.1 Å². The fourth-order valence-electron chi connectivity index (χ4n) is 3.69. The van der Waals surface area contributed by atoms with Crippen LogP contribution in [0.25, 0.3) is 0 Å². The molecule has 1 aromatic rings. The molecule has 1 N–H and O–H groups in total. The van der Waals surface area contributed by atoms with Gasteiger partial charge in [-0.2, -0.15) is 0 Å². The van der Waals surface area contributed by atoms with Gasteiger partial charge in [0.15, 0.2) is 0 Å². The van der Waals surface area contributed by atoms with E-state index in [-0.39, 0.29) is 0 Å². The molecule has 3 heteroatoms. The summed E-state index contributed by atoms with van der Waals surface area (Å²) in [7, 11) is 0. The van der Waals surface area contributed by atoms with E-state index in [1.807, 2.05) is 30.3 Å². The Morgan fingerprint density at radius 1 is 1.10 bits per heavy atom. The van der Waals surface area contributed by atoms with Gasteiger partial charge in [0.05, 0.1) is 0 Å². The molecule has 2 aliphatic heterocycles. The Bertz CT molecular complexity index is 389. The topological polar surface area (TPSA) is 24.5 Å². The van der Waals surface area contributed by atoms with Crippen LogP contribution in [0.1, 0.15) is 25.7 Å². The normalized spacial score (nSPS) is 24.9. The molecular weight excluding hydrogens is 248 g/mol. The van der Waals surface area contributed by atoms with Gasteiger partial charge >= 0.3 is 0 Å². The fraction of sp³-hybridized carbons (Fsp3) is 0.647. The number of hydrogen-bond acceptors (Lipinski definition) is 3. The zero-order valence-electron chi connectivity index (χ0n) is 12.3. The van der Waals surface area contributed by atoms with Crippen LogP contribution in [0, 0.1) is 5.92 Å². The van der Waals surface area contributed by atoms with Gasteiger partial charge in [-0.05, 0) is 63.4 Å². The Hall–Kier alpha value is -1.06. The molecule has 0 amide bonds. The van der Waals surface area contributed by atoms with E-state index in [2.05, 4.69) is 10.2 Å². The van der Waals surface area contributed by atoms with E-state index in [1.54, 1.807) is 0 Å². The maximum atomic E-state index is 5.85. The summed E-state index contributed by atoms with van der Waals surface area (Å²) in [4.78, 5) is 2.67. The van der Waals surface area contributed by atoms with Gasteiger partial charge in [0.25, 0.3) is 0 Å². The lowest BCUT2D eigenvalue weighted by Gasteiger charge is -2.34. The number of hydrogen-bond donors (Lipinski definition) is 1. The molecule has 2 fully saturated rings. The quantitative estimate of drug-likeness (QED) is 0.893. The van der Waals surface area contributed by atoms with Crippen LogP contribution < -0.4 is 10.1 Å². The van der Waals surface area contributed by atoms with Gasteiger partial charge in [-0.25, -0.2) is 0 Å². The largest absolute Gasteiger partial charge is 0.492 e. The molecule has 0 bridgehead atoms. The zero-order chi connectivity index (χ0) is 13.6. The molecule has 0 aromatic heterocycles. The van der Waals surface area contributed by atoms with Crippen molar-refractivity contribution in [3.63, 3.8) is 0 Å². The minimum absolute atomic E-state index is 0.802. The van der Waals surface area contributed by atoms with Crippen molar-refractivity contribution < 1.29 is 4.74 Å². The van der Waals surface area contributed by atoms with Crippen LogP contribution >= 0.6 is 0 Å². The van der Waals surface area contributed by atoms with Crippen LogP contribution in [0.3, 0.4) is 0 Å². The van der Waals surface area contributed by atoms with Crippen LogP contribution in [0.4, 0.5) is 0 Å². The van der Waals surface area contributed by atoms with Crippen molar-refractivity contribution in [2.75, 3.05) is 32.8 Å². The van der Waals surface area contributed by atoms with E-state index >= 15 is 0 Å². The molecule has 2 heterocycles. The Kier molecular flexibility index (Phi) is 4.93. The summed E-state index contributed by atoms with van der Waals surface area (Å²) in [6.07, 6.45) is 5.44. The second-order valence-electron chi connectivity index (χ2n) is 5.99. The Labute approximate surface area is 122 Å². The standard InChI is InChI=1S/C17H26N2O/c1-2-5-16(6-3-1)20-14-13-19-12-4-7-17(19)15-8-10-18-11-9-15/h1-3,5-6,15,17-18H,4,7-14H2. The van der Waals surface area contributed by atoms with Gasteiger partial charge in [-0.15, -0.1) is 0 Å². The lowest BCUT2D eigenvalue weighted by molar-refractivity contribution is 0.139. The number of para-hydroxylation sites is 1. The molecular formula is C17H26N2O. The third-order valence-corrected chi connectivity index (χ3v) is 4.73. The van der Waals surface area contributed by atoms with Gasteiger partial charge in [-0.1, -0.05) is 18.2 Å². The lowest BCUT2D eigenvalue weighted by Crippen LogP contribution is -2.42. The monoisotopic (exact) mass is 274 g/mol. The van der Waals surface area contributed by atoms with Gasteiger partial charge in [0, 0.05) is 12.6 Å². The third-order valence-electron chi connectivity index (χ3n) is 4.73. The molecule has 3 nitrogen and oxygen atoms in total. The molecule has 0 aliphatic carbocycles. The Balaban J connectivity index is 1.46. The fourth-order valence-corrected chi connectivity index (χ4v) is 3.69. The summed E-state index contributed by atoms with van der Waals surface area (Å²) in [6.45, 7) is 5.55. The third kappa shape index (κ3) is 3.53. The Morgan fingerprint density at radius 2 is 1.90 bits per heavy atom. The number of nitrogens with zero attached hydrogens (tertiary/aromatic N) is 1. The first-order valence-electron chi connectivity index (χ1n) is 8.06. The molecule has 1 aromatic carbocycles. The summed E-state index contributed by atoms with van der Waals surface area (Å²) in [6, 6.07) is 11.0. The predicted octanol–water partition coefficient (Wildman–Crippen LogP) is 2.53. The first-order chi connectivity index (χ1) is 9.93. The van der Waals surface area contributed by atoms with E-state index in [1.165, 1.54) is 45.3 Å². The number of benzene rings is 1. The molecule has 2 aliphatic rings. The average molecular weight is 274 g/mol. The summed E-state index contributed by atoms with van der Waals surface area (Å²) in [5, 5.41) is 3.47. The molecule has 110 valence electrons. The van der Waals surface area contributed by atoms with Crippen molar-refractivity contribution in [3.8, 4) is 5.75 Å². The minimum Gasteiger partial charge on any atom is -0.492 e. The van der Waals surface area contributed by atoms with Crippen LogP contribution in [0.15, 0.2) is 30.3 Å². The van der Waals surface area contributed by atoms with Crippen molar-refractivity contribution in [2.45, 2.75) is 31.7 Å². The number of nitrogens with one attached hydrogen (secondary N) is 1. The number of rotatable bonds is 5. The first-order valence-corrected chi connectivity index (χ1v) is 8.06. The van der Waals surface area contributed by atoms with E-state index in [0.717, 1.165) is 30.9 Å². The summed E-state index contributed by atoms with van der Waals surface area (Å²) >= 11 is 0. The van der Waals surface area contributed by atoms with E-state index in [9.17, 15) is 0 Å². The van der Waals surface area contributed by atoms with Crippen LogP contribution in [-0.2, 0) is 0 Å². The van der Waals surface area contributed by atoms with Crippen molar-refractivity contribution in [1.29, 1.82) is 0 Å². The summed E-state index contributed by atoms with van der Waals surface area (Å²) < 4.78 is 5.85. The molecule has 0 spiro atoms. The minimum atomic E-state index is 0.802. The molecule has 2 saturated heterocycles. The number of likely N-dealkylation sites (tertiary alicyclic amines) is 1. The molecule has 0 saturated carbocycles. The van der Waals surface area contributed by atoms with Crippen molar-refractivity contribution >= 4 is 0 Å². The SMILES string of the molecule is c1ccc(OCCN2CCCC2C2CCNCC2)cc1. The van der Waals surface area contributed by atoms with E-state index in [4.69, 9.17) is 4.74 Å². The highest BCUT2D eigenvalue weighted by Gasteiger charge is 2.31. The van der Waals surface area contributed by atoms with Gasteiger partial charge in [0.1, 0.15) is 12.4 Å². The molecule has 0 radical (unpaired) electrons. The van der Waals surface area contributed by atoms with Crippen molar-refractivity contribution in [1.82, 2.24) is 10.2 Å². The second kappa shape index (κ2) is 7.09. The highest BCUT2D eigenvalue weighted by molar-refractivity contribution is 5.20. The summed E-state index contributed by atoms with van der Waals surface area (Å²) in [5.41, 5.74) is 0. The van der Waals surface area contributed by atoms with E-state index in [0.29, 0.717) is 0 Å². The lowest BCUT2D eigenvalue weighted by atomic mass is 9.89. The van der Waals surface area contributed by atoms with Gasteiger partial charge in [-0.3, -0.25) is 4.90 Å². The van der Waals surface area contributed by atoms with Crippen LogP contribution in [0.5, 0.6) is 5.75 Å². The van der Waals surface area contributed by atoms with Gasteiger partial charge in [0.2, 0.25) is 0 Å². The van der Waals surface area contributed by atoms with Crippen LogP contribution in [0.2, 0.25) is 0 Å². The second-order valence-corrected chi connectivity index (χ2v) is 5.99. The van der Waals surface area contributed by atoms with E-state index < -0.39 is 0 Å². The molecule has 1 unspecified atom stereocenters. The maximum absolute atomic E-state index is 5.85. The Morgan fingerprint density at radius 3 is 2.70 bits per heavy atom. The molecule has 20 heavy (non-hydrogen) atoms. The van der Waals surface area contributed by atoms with Crippen molar-refractivity contribution in [2.24, 2.45) is 5.92 Å². The first kappa shape index (κ1) is 13.9. The van der Waals surface area contributed by atoms with Crippen LogP contribution in [-0.4, -0.2) is 43.7 Å².